The van der Waals surface area contributed by atoms with Crippen LogP contribution in [0, 0.1) is 0 Å². The Balaban J connectivity index is 2.72. The summed E-state index contributed by atoms with van der Waals surface area (Å²) in [5.41, 5.74) is 7.24. The van der Waals surface area contributed by atoms with Gasteiger partial charge in [-0.15, -0.1) is 0 Å². The van der Waals surface area contributed by atoms with Gasteiger partial charge in [0, 0.05) is 10.4 Å². The van der Waals surface area contributed by atoms with Crippen molar-refractivity contribution in [3.63, 3.8) is 0 Å². The van der Waals surface area contributed by atoms with Crippen LogP contribution in [0.5, 0.6) is 0 Å². The van der Waals surface area contributed by atoms with Gasteiger partial charge in [0.05, 0.1) is 10.7 Å². The highest BCUT2D eigenvalue weighted by Gasteiger charge is 2.11. The molecule has 0 fully saturated rings. The van der Waals surface area contributed by atoms with E-state index in [-0.39, 0.29) is 4.75 Å². The summed E-state index contributed by atoms with van der Waals surface area (Å²) in [6.07, 6.45) is 0. The first-order chi connectivity index (χ1) is 6.38. The number of anilines is 2. The average Bonchev–Trinajstić information content (AvgIpc) is 2.05. The monoisotopic (exact) mass is 230 g/mol. The summed E-state index contributed by atoms with van der Waals surface area (Å²) in [7, 11) is 0. The molecule has 0 amide bonds. The van der Waals surface area contributed by atoms with Crippen LogP contribution in [0.1, 0.15) is 20.8 Å². The number of nitrogen functional groups attached to an aromatic ring is 1. The highest BCUT2D eigenvalue weighted by atomic mass is 35.5. The van der Waals surface area contributed by atoms with Gasteiger partial charge in [-0.3, -0.25) is 0 Å². The van der Waals surface area contributed by atoms with Gasteiger partial charge in [-0.25, -0.2) is 0 Å². The lowest BCUT2D eigenvalue weighted by molar-refractivity contribution is 0.806. The van der Waals surface area contributed by atoms with Crippen LogP contribution >= 0.6 is 23.5 Å². The van der Waals surface area contributed by atoms with E-state index in [2.05, 4.69) is 25.5 Å². The van der Waals surface area contributed by atoms with Crippen molar-refractivity contribution in [2.45, 2.75) is 25.5 Å². The minimum atomic E-state index is 0.147. The molecule has 0 heterocycles. The third-order valence-corrected chi connectivity index (χ3v) is 2.72. The molecule has 0 radical (unpaired) electrons. The third-order valence-electron chi connectivity index (χ3n) is 1.46. The molecule has 0 spiro atoms. The minimum Gasteiger partial charge on any atom is -0.399 e. The summed E-state index contributed by atoms with van der Waals surface area (Å²) in [4.78, 5) is 0. The first kappa shape index (κ1) is 11.5. The van der Waals surface area contributed by atoms with Crippen LogP contribution in [0.4, 0.5) is 11.4 Å². The van der Waals surface area contributed by atoms with Crippen molar-refractivity contribution in [2.75, 3.05) is 10.5 Å². The van der Waals surface area contributed by atoms with E-state index in [1.165, 1.54) is 0 Å². The Morgan fingerprint density at radius 3 is 2.57 bits per heavy atom. The molecule has 0 atom stereocenters. The van der Waals surface area contributed by atoms with E-state index in [4.69, 9.17) is 17.3 Å². The summed E-state index contributed by atoms with van der Waals surface area (Å²) >= 11 is 7.61. The molecule has 0 saturated heterocycles. The molecule has 0 bridgehead atoms. The van der Waals surface area contributed by atoms with Gasteiger partial charge >= 0.3 is 0 Å². The van der Waals surface area contributed by atoms with Gasteiger partial charge in [-0.2, -0.15) is 0 Å². The molecule has 3 N–H and O–H groups in total. The van der Waals surface area contributed by atoms with Gasteiger partial charge in [-0.1, -0.05) is 11.6 Å². The number of halogens is 1. The number of benzene rings is 1. The summed E-state index contributed by atoms with van der Waals surface area (Å²) in [5.74, 6) is 0. The van der Waals surface area contributed by atoms with Crippen molar-refractivity contribution in [1.82, 2.24) is 0 Å². The van der Waals surface area contributed by atoms with Crippen molar-refractivity contribution in [3.8, 4) is 0 Å². The lowest BCUT2D eigenvalue weighted by atomic mass is 10.3. The van der Waals surface area contributed by atoms with E-state index in [1.807, 2.05) is 6.07 Å². The van der Waals surface area contributed by atoms with Crippen LogP contribution in [0.2, 0.25) is 5.02 Å². The number of hydrogen-bond donors (Lipinski definition) is 2. The van der Waals surface area contributed by atoms with E-state index in [0.717, 1.165) is 5.69 Å². The molecule has 78 valence electrons. The van der Waals surface area contributed by atoms with Crippen LogP contribution in [-0.4, -0.2) is 4.75 Å². The molecular weight excluding hydrogens is 216 g/mol. The molecule has 0 unspecified atom stereocenters. The Labute approximate surface area is 94.3 Å². The van der Waals surface area contributed by atoms with Crippen LogP contribution in [0.25, 0.3) is 0 Å². The lowest BCUT2D eigenvalue weighted by Crippen LogP contribution is -2.10. The van der Waals surface area contributed by atoms with E-state index < -0.39 is 0 Å². The van der Waals surface area contributed by atoms with Crippen LogP contribution in [0.15, 0.2) is 18.2 Å². The molecule has 14 heavy (non-hydrogen) atoms. The van der Waals surface area contributed by atoms with E-state index in [0.29, 0.717) is 10.7 Å². The first-order valence-electron chi connectivity index (χ1n) is 4.37. The average molecular weight is 231 g/mol. The Kier molecular flexibility index (Phi) is 3.56. The molecule has 0 aliphatic carbocycles. The maximum absolute atomic E-state index is 5.99. The van der Waals surface area contributed by atoms with Gasteiger partial charge in [0.25, 0.3) is 0 Å². The second-order valence-electron chi connectivity index (χ2n) is 4.06. The van der Waals surface area contributed by atoms with Crippen LogP contribution in [-0.2, 0) is 0 Å². The van der Waals surface area contributed by atoms with Crippen LogP contribution in [0.3, 0.4) is 0 Å². The molecule has 1 aromatic carbocycles. The van der Waals surface area contributed by atoms with E-state index in [1.54, 1.807) is 24.1 Å². The highest BCUT2D eigenvalue weighted by molar-refractivity contribution is 8.01. The molecule has 0 aromatic heterocycles. The summed E-state index contributed by atoms with van der Waals surface area (Å²) in [5, 5.41) is 0.691. The normalized spacial score (nSPS) is 11.4. The predicted octanol–water partition coefficient (Wildman–Crippen LogP) is 3.78. The second-order valence-corrected chi connectivity index (χ2v) is 6.10. The van der Waals surface area contributed by atoms with Crippen molar-refractivity contribution < 1.29 is 0 Å². The maximum Gasteiger partial charge on any atom is 0.0649 e. The molecule has 0 saturated carbocycles. The zero-order valence-electron chi connectivity index (χ0n) is 8.60. The number of nitrogens with two attached hydrogens (primary N) is 1. The molecule has 1 rings (SSSR count). The van der Waals surface area contributed by atoms with Crippen molar-refractivity contribution in [1.29, 1.82) is 0 Å². The third kappa shape index (κ3) is 3.68. The predicted molar refractivity (Wildman–Crippen MR) is 66.8 cm³/mol. The van der Waals surface area contributed by atoms with Crippen molar-refractivity contribution in [2.24, 2.45) is 0 Å². The highest BCUT2D eigenvalue weighted by Crippen LogP contribution is 2.30. The summed E-state index contributed by atoms with van der Waals surface area (Å²) in [6, 6.07) is 5.42. The van der Waals surface area contributed by atoms with Gasteiger partial charge in [0.2, 0.25) is 0 Å². The van der Waals surface area contributed by atoms with Gasteiger partial charge in [-0.05, 0) is 50.9 Å². The van der Waals surface area contributed by atoms with Gasteiger partial charge < -0.3 is 10.5 Å². The number of rotatable bonds is 2. The van der Waals surface area contributed by atoms with Crippen LogP contribution < -0.4 is 10.5 Å². The molecule has 4 heteroatoms. The van der Waals surface area contributed by atoms with Crippen molar-refractivity contribution >= 4 is 34.9 Å². The fourth-order valence-corrected chi connectivity index (χ4v) is 1.64. The largest absolute Gasteiger partial charge is 0.399 e. The zero-order valence-corrected chi connectivity index (χ0v) is 10.2. The minimum absolute atomic E-state index is 0.147. The van der Waals surface area contributed by atoms with Gasteiger partial charge in [0.1, 0.15) is 0 Å². The molecular formula is C10H15ClN2S. The Morgan fingerprint density at radius 1 is 1.36 bits per heavy atom. The molecule has 0 aliphatic heterocycles. The Morgan fingerprint density at radius 2 is 2.00 bits per heavy atom. The van der Waals surface area contributed by atoms with E-state index in [9.17, 15) is 0 Å². The number of hydrogen-bond acceptors (Lipinski definition) is 3. The quantitative estimate of drug-likeness (QED) is 0.600. The fourth-order valence-electron chi connectivity index (χ4n) is 0.829. The molecule has 0 aliphatic rings. The fraction of sp³-hybridized carbons (Fsp3) is 0.400. The molecule has 1 aromatic rings. The summed E-state index contributed by atoms with van der Waals surface area (Å²) < 4.78 is 3.35. The first-order valence-corrected chi connectivity index (χ1v) is 5.57. The van der Waals surface area contributed by atoms with Crippen molar-refractivity contribution in [3.05, 3.63) is 23.2 Å². The lowest BCUT2D eigenvalue weighted by Gasteiger charge is -2.19. The summed E-state index contributed by atoms with van der Waals surface area (Å²) in [6.45, 7) is 6.39. The number of nitrogens with one attached hydrogen (secondary N) is 1. The topological polar surface area (TPSA) is 38.0 Å². The van der Waals surface area contributed by atoms with Gasteiger partial charge in [0.15, 0.2) is 0 Å². The Hall–Kier alpha value is -0.540. The standard InChI is InChI=1S/C10H15ClN2S/c1-10(2,3)14-13-9-6-7(12)4-5-8(9)11/h4-6,13H,12H2,1-3H3. The van der Waals surface area contributed by atoms with E-state index >= 15 is 0 Å². The Bertz CT molecular complexity index is 320. The smallest absolute Gasteiger partial charge is 0.0649 e. The molecule has 2 nitrogen and oxygen atoms in total. The second kappa shape index (κ2) is 4.32. The zero-order chi connectivity index (χ0) is 10.8. The SMILES string of the molecule is CC(C)(C)SNc1cc(N)ccc1Cl. The maximum atomic E-state index is 5.99.